The number of rotatable bonds is 3. The van der Waals surface area contributed by atoms with E-state index in [4.69, 9.17) is 10.5 Å². The van der Waals surface area contributed by atoms with Crippen molar-refractivity contribution in [1.82, 2.24) is 4.98 Å². The molecule has 0 unspecified atom stereocenters. The minimum Gasteiger partial charge on any atom is -0.496 e. The molecular weight excluding hydrogens is 348 g/mol. The summed E-state index contributed by atoms with van der Waals surface area (Å²) in [6, 6.07) is 16.2. The van der Waals surface area contributed by atoms with Crippen molar-refractivity contribution in [2.75, 3.05) is 7.11 Å². The van der Waals surface area contributed by atoms with Crippen LogP contribution in [-0.4, -0.2) is 12.1 Å². The van der Waals surface area contributed by atoms with Crippen LogP contribution in [-0.2, 0) is 0 Å². The fourth-order valence-electron chi connectivity index (χ4n) is 3.86. The average Bonchev–Trinajstić information content (AvgIpc) is 2.68. The highest BCUT2D eigenvalue weighted by Crippen LogP contribution is 2.41. The summed E-state index contributed by atoms with van der Waals surface area (Å²) < 4.78 is 5.75. The summed E-state index contributed by atoms with van der Waals surface area (Å²) in [5.41, 5.74) is 11.9. The quantitative estimate of drug-likeness (QED) is 0.498. The summed E-state index contributed by atoms with van der Waals surface area (Å²) in [4.78, 5) is 15.8. The van der Waals surface area contributed by atoms with Gasteiger partial charge < -0.3 is 15.5 Å². The minimum absolute atomic E-state index is 0.0223. The monoisotopic (exact) mass is 372 g/mol. The molecule has 4 heteroatoms. The Hall–Kier alpha value is -3.11. The predicted octanol–water partition coefficient (Wildman–Crippen LogP) is 4.99. The van der Waals surface area contributed by atoms with Gasteiger partial charge in [-0.1, -0.05) is 42.0 Å². The smallest absolute Gasteiger partial charge is 0.256 e. The zero-order chi connectivity index (χ0) is 20.0. The SMILES string of the molecule is COc1cc(C)c2[nH]c(=O)c3cc(C)ccc3c2c1-c1ccc([C@@H](C)N)cc1. The lowest BCUT2D eigenvalue weighted by atomic mass is 9.92. The van der Waals surface area contributed by atoms with E-state index in [1.54, 1.807) is 7.11 Å². The van der Waals surface area contributed by atoms with Gasteiger partial charge in [0.15, 0.2) is 0 Å². The number of pyridine rings is 1. The highest BCUT2D eigenvalue weighted by molar-refractivity contribution is 6.15. The summed E-state index contributed by atoms with van der Waals surface area (Å²) in [6.45, 7) is 5.95. The van der Waals surface area contributed by atoms with Crippen molar-refractivity contribution in [3.63, 3.8) is 0 Å². The molecular formula is C24H24N2O2. The Morgan fingerprint density at radius 1 is 1.00 bits per heavy atom. The molecule has 3 aromatic carbocycles. The van der Waals surface area contributed by atoms with E-state index in [1.165, 1.54) is 0 Å². The second kappa shape index (κ2) is 6.80. The van der Waals surface area contributed by atoms with Crippen molar-refractivity contribution < 1.29 is 4.74 Å². The number of H-pyrrole nitrogens is 1. The molecule has 3 N–H and O–H groups in total. The maximum absolute atomic E-state index is 12.7. The highest BCUT2D eigenvalue weighted by Gasteiger charge is 2.18. The molecule has 0 fully saturated rings. The lowest BCUT2D eigenvalue weighted by molar-refractivity contribution is 0.416. The van der Waals surface area contributed by atoms with Crippen LogP contribution in [0, 0.1) is 13.8 Å². The highest BCUT2D eigenvalue weighted by atomic mass is 16.5. The molecule has 4 rings (SSSR count). The third-order valence-electron chi connectivity index (χ3n) is 5.36. The zero-order valence-corrected chi connectivity index (χ0v) is 16.6. The van der Waals surface area contributed by atoms with Gasteiger partial charge in [-0.2, -0.15) is 0 Å². The molecule has 0 bridgehead atoms. The van der Waals surface area contributed by atoms with Crippen LogP contribution >= 0.6 is 0 Å². The molecule has 1 atom stereocenters. The van der Waals surface area contributed by atoms with Crippen molar-refractivity contribution in [3.05, 3.63) is 75.6 Å². The first-order valence-corrected chi connectivity index (χ1v) is 9.40. The molecule has 4 nitrogen and oxygen atoms in total. The van der Waals surface area contributed by atoms with Gasteiger partial charge in [0, 0.05) is 22.4 Å². The molecule has 0 aliphatic carbocycles. The van der Waals surface area contributed by atoms with E-state index in [2.05, 4.69) is 17.1 Å². The van der Waals surface area contributed by atoms with E-state index in [0.29, 0.717) is 5.39 Å². The number of benzene rings is 3. The molecule has 0 saturated heterocycles. The van der Waals surface area contributed by atoms with Crippen LogP contribution < -0.4 is 16.0 Å². The number of hydrogen-bond donors (Lipinski definition) is 2. The number of aryl methyl sites for hydroxylation is 2. The van der Waals surface area contributed by atoms with E-state index in [0.717, 1.165) is 49.9 Å². The average molecular weight is 372 g/mol. The van der Waals surface area contributed by atoms with Gasteiger partial charge in [0.1, 0.15) is 5.75 Å². The second-order valence-electron chi connectivity index (χ2n) is 7.43. The van der Waals surface area contributed by atoms with Crippen molar-refractivity contribution in [3.8, 4) is 16.9 Å². The zero-order valence-electron chi connectivity index (χ0n) is 16.6. The van der Waals surface area contributed by atoms with E-state index < -0.39 is 0 Å². The van der Waals surface area contributed by atoms with Crippen molar-refractivity contribution in [1.29, 1.82) is 0 Å². The Labute approximate surface area is 164 Å². The number of methoxy groups -OCH3 is 1. The second-order valence-corrected chi connectivity index (χ2v) is 7.43. The van der Waals surface area contributed by atoms with Crippen LogP contribution in [0.25, 0.3) is 32.8 Å². The Bertz CT molecular complexity index is 1250. The molecule has 1 heterocycles. The molecule has 0 amide bonds. The summed E-state index contributed by atoms with van der Waals surface area (Å²) in [5.74, 6) is 0.785. The van der Waals surface area contributed by atoms with Gasteiger partial charge in [-0.15, -0.1) is 0 Å². The van der Waals surface area contributed by atoms with Crippen LogP contribution in [0.2, 0.25) is 0 Å². The fraction of sp³-hybridized carbons (Fsp3) is 0.208. The predicted molar refractivity (Wildman–Crippen MR) is 116 cm³/mol. The Morgan fingerprint density at radius 2 is 1.71 bits per heavy atom. The molecule has 1 aromatic heterocycles. The Balaban J connectivity index is 2.17. The third kappa shape index (κ3) is 2.86. The van der Waals surface area contributed by atoms with Gasteiger partial charge >= 0.3 is 0 Å². The van der Waals surface area contributed by atoms with Gasteiger partial charge in [0.25, 0.3) is 5.56 Å². The number of aromatic amines is 1. The van der Waals surface area contributed by atoms with Crippen LogP contribution in [0.1, 0.15) is 29.7 Å². The summed E-state index contributed by atoms with van der Waals surface area (Å²) >= 11 is 0. The minimum atomic E-state index is -0.0716. The van der Waals surface area contributed by atoms with Crippen molar-refractivity contribution in [2.24, 2.45) is 5.73 Å². The molecule has 0 radical (unpaired) electrons. The van der Waals surface area contributed by atoms with Gasteiger partial charge in [0.05, 0.1) is 12.6 Å². The first-order chi connectivity index (χ1) is 13.4. The molecule has 0 aliphatic rings. The topological polar surface area (TPSA) is 68.1 Å². The standard InChI is InChI=1S/C24H24N2O2/c1-13-5-10-18-19(11-13)24(27)26-23-14(2)12-20(28-4)21(22(18)23)17-8-6-16(7-9-17)15(3)25/h5-12,15H,25H2,1-4H3,(H,26,27)/t15-/m1/s1. The van der Waals surface area contributed by atoms with E-state index in [-0.39, 0.29) is 11.6 Å². The van der Waals surface area contributed by atoms with E-state index in [1.807, 2.05) is 57.2 Å². The molecule has 4 aromatic rings. The number of nitrogens with two attached hydrogens (primary N) is 1. The third-order valence-corrected chi connectivity index (χ3v) is 5.36. The molecule has 0 spiro atoms. The normalized spacial score (nSPS) is 12.5. The Kier molecular flexibility index (Phi) is 4.44. The largest absolute Gasteiger partial charge is 0.496 e. The number of ether oxygens (including phenoxy) is 1. The van der Waals surface area contributed by atoms with Crippen LogP contribution in [0.3, 0.4) is 0 Å². The summed E-state index contributed by atoms with van der Waals surface area (Å²) in [5, 5.41) is 2.62. The maximum Gasteiger partial charge on any atom is 0.256 e. The number of fused-ring (bicyclic) bond motifs is 3. The molecule has 0 saturated carbocycles. The first kappa shape index (κ1) is 18.3. The first-order valence-electron chi connectivity index (χ1n) is 9.40. The van der Waals surface area contributed by atoms with Crippen LogP contribution in [0.4, 0.5) is 0 Å². The lowest BCUT2D eigenvalue weighted by Gasteiger charge is -2.17. The van der Waals surface area contributed by atoms with Crippen LogP contribution in [0.5, 0.6) is 5.75 Å². The molecule has 0 aliphatic heterocycles. The van der Waals surface area contributed by atoms with Crippen molar-refractivity contribution in [2.45, 2.75) is 26.8 Å². The number of nitrogens with one attached hydrogen (secondary N) is 1. The summed E-state index contributed by atoms with van der Waals surface area (Å²) in [6.07, 6.45) is 0. The van der Waals surface area contributed by atoms with Gasteiger partial charge in [-0.3, -0.25) is 4.79 Å². The van der Waals surface area contributed by atoms with E-state index >= 15 is 0 Å². The van der Waals surface area contributed by atoms with Crippen molar-refractivity contribution >= 4 is 21.7 Å². The Morgan fingerprint density at radius 3 is 2.36 bits per heavy atom. The molecule has 28 heavy (non-hydrogen) atoms. The number of hydrogen-bond acceptors (Lipinski definition) is 3. The fourth-order valence-corrected chi connectivity index (χ4v) is 3.86. The van der Waals surface area contributed by atoms with Gasteiger partial charge in [-0.25, -0.2) is 0 Å². The van der Waals surface area contributed by atoms with E-state index in [9.17, 15) is 4.79 Å². The maximum atomic E-state index is 12.7. The lowest BCUT2D eigenvalue weighted by Crippen LogP contribution is -2.08. The van der Waals surface area contributed by atoms with Gasteiger partial charge in [0.2, 0.25) is 0 Å². The summed E-state index contributed by atoms with van der Waals surface area (Å²) in [7, 11) is 1.68. The number of aromatic nitrogens is 1. The van der Waals surface area contributed by atoms with Gasteiger partial charge in [-0.05, 0) is 55.0 Å². The molecule has 142 valence electrons. The van der Waals surface area contributed by atoms with Crippen LogP contribution in [0.15, 0.2) is 53.3 Å².